The van der Waals surface area contributed by atoms with Crippen LogP contribution in [0.15, 0.2) is 92.1 Å². The Bertz CT molecular complexity index is 2540. The Labute approximate surface area is 419 Å². The van der Waals surface area contributed by atoms with Crippen molar-refractivity contribution in [3.05, 3.63) is 104 Å². The third kappa shape index (κ3) is 14.7. The number of benzene rings is 1. The van der Waals surface area contributed by atoms with Crippen LogP contribution in [0.25, 0.3) is 0 Å². The number of hydrogen-bond acceptors (Lipinski definition) is 11. The molecule has 1 saturated heterocycles. The van der Waals surface area contributed by atoms with Crippen LogP contribution >= 0.6 is 23.4 Å². The largest absolute Gasteiger partial charge is 0.501 e. The number of thioether (sulfide) groups is 1. The van der Waals surface area contributed by atoms with Crippen molar-refractivity contribution in [2.45, 2.75) is 120 Å². The van der Waals surface area contributed by atoms with Crippen molar-refractivity contribution in [1.29, 1.82) is 0 Å². The topological polar surface area (TPSA) is 128 Å². The van der Waals surface area contributed by atoms with E-state index >= 15 is 0 Å². The molecule has 3 unspecified atom stereocenters. The Morgan fingerprint density at radius 2 is 1.73 bits per heavy atom. The van der Waals surface area contributed by atoms with E-state index in [1.165, 1.54) is 35.4 Å². The van der Waals surface area contributed by atoms with Gasteiger partial charge in [0, 0.05) is 54.5 Å². The van der Waals surface area contributed by atoms with Gasteiger partial charge in [0.1, 0.15) is 5.82 Å². The second-order valence-electron chi connectivity index (χ2n) is 19.7. The van der Waals surface area contributed by atoms with Crippen LogP contribution in [0, 0.1) is 11.3 Å². The number of nitrogens with zero attached hydrogens (tertiary/aromatic N) is 5. The van der Waals surface area contributed by atoms with Crippen LogP contribution in [0.1, 0.15) is 89.7 Å². The van der Waals surface area contributed by atoms with Gasteiger partial charge in [-0.05, 0) is 126 Å². The fraction of sp³-hybridized carbons (Fsp3) is 0.592. The average Bonchev–Trinajstić information content (AvgIpc) is 3.28. The first kappa shape index (κ1) is 56.1. The summed E-state index contributed by atoms with van der Waals surface area (Å²) in [4.78, 5) is 12.6. The van der Waals surface area contributed by atoms with E-state index in [0.29, 0.717) is 31.3 Å². The number of fused-ring (bicyclic) bond motifs is 1. The Balaban J connectivity index is 1.21. The van der Waals surface area contributed by atoms with Gasteiger partial charge in [0.05, 0.1) is 20.9 Å². The van der Waals surface area contributed by atoms with Gasteiger partial charge in [0.15, 0.2) is 0 Å². The third-order valence-corrected chi connectivity index (χ3v) is 18.0. The molecule has 0 saturated carbocycles. The Kier molecular flexibility index (Phi) is 18.7. The summed E-state index contributed by atoms with van der Waals surface area (Å²) < 4.78 is 143. The molecule has 4 aliphatic rings. The molecule has 2 aromatic rings. The number of nitrogens with one attached hydrogen (secondary N) is 2. The number of aromatic nitrogens is 2. The van der Waals surface area contributed by atoms with Crippen molar-refractivity contribution >= 4 is 49.0 Å². The smallest absolute Gasteiger partial charge is 0.309 e. The molecule has 0 spiro atoms. The first-order valence-electron chi connectivity index (χ1n) is 23.8. The first-order chi connectivity index (χ1) is 32.8. The number of anilines is 1. The highest BCUT2D eigenvalue weighted by molar-refractivity contribution is 7.99. The molecule has 388 valence electrons. The number of hydrogen-bond donors (Lipinski definition) is 2. The summed E-state index contributed by atoms with van der Waals surface area (Å²) in [6, 6.07) is 8.71. The molecule has 21 heteroatoms. The lowest BCUT2D eigenvalue weighted by Crippen LogP contribution is -2.47. The molecule has 1 aromatic heterocycles. The molecular weight excluding hydrogens is 996 g/mol. The zero-order valence-corrected chi connectivity index (χ0v) is 43.8. The number of allylic oxidation sites excluding steroid dienone is 7. The third-order valence-electron chi connectivity index (χ3n) is 13.3. The van der Waals surface area contributed by atoms with Crippen LogP contribution in [-0.4, -0.2) is 124 Å². The van der Waals surface area contributed by atoms with Crippen LogP contribution < -0.4 is 10.0 Å². The van der Waals surface area contributed by atoms with Gasteiger partial charge >= 0.3 is 11.7 Å². The number of sulfone groups is 1. The molecule has 0 amide bonds. The monoisotopic (exact) mass is 1060 g/mol. The van der Waals surface area contributed by atoms with E-state index in [4.69, 9.17) is 11.6 Å². The fourth-order valence-electron chi connectivity index (χ4n) is 9.38. The highest BCUT2D eigenvalue weighted by Crippen LogP contribution is 2.43. The number of alkyl halides is 7. The Hall–Kier alpha value is -3.24. The van der Waals surface area contributed by atoms with Crippen LogP contribution in [0.2, 0.25) is 0 Å². The fourth-order valence-corrected chi connectivity index (χ4v) is 12.7. The van der Waals surface area contributed by atoms with E-state index in [-0.39, 0.29) is 53.4 Å². The van der Waals surface area contributed by atoms with E-state index in [2.05, 4.69) is 68.8 Å². The zero-order chi connectivity index (χ0) is 51.2. The molecule has 3 heterocycles. The van der Waals surface area contributed by atoms with Crippen LogP contribution in [0.3, 0.4) is 0 Å². The van der Waals surface area contributed by atoms with Crippen LogP contribution in [0.5, 0.6) is 0 Å². The molecule has 1 fully saturated rings. The van der Waals surface area contributed by atoms with E-state index in [1.807, 2.05) is 49.3 Å². The second-order valence-corrected chi connectivity index (χ2v) is 25.0. The van der Waals surface area contributed by atoms with Crippen molar-refractivity contribution in [3.63, 3.8) is 0 Å². The lowest BCUT2D eigenvalue weighted by atomic mass is 9.72. The number of sulfonamides is 1. The van der Waals surface area contributed by atoms with Crippen LogP contribution in [-0.2, 0) is 39.0 Å². The van der Waals surface area contributed by atoms with Crippen molar-refractivity contribution in [2.24, 2.45) is 11.3 Å². The predicted molar refractivity (Wildman–Crippen MR) is 267 cm³/mol. The van der Waals surface area contributed by atoms with Gasteiger partial charge in [-0.2, -0.15) is 26.3 Å². The summed E-state index contributed by atoms with van der Waals surface area (Å²) in [5, 5.41) is 2.87. The minimum absolute atomic E-state index is 0.0151. The van der Waals surface area contributed by atoms with Gasteiger partial charge in [-0.15, -0.1) is 23.4 Å². The van der Waals surface area contributed by atoms with Gasteiger partial charge in [-0.3, -0.25) is 14.5 Å². The van der Waals surface area contributed by atoms with Gasteiger partial charge in [0.2, 0.25) is 5.82 Å². The highest BCUT2D eigenvalue weighted by atomic mass is 35.5. The molecule has 1 aromatic carbocycles. The maximum atomic E-state index is 14.4. The lowest BCUT2D eigenvalue weighted by molar-refractivity contribution is -0.145. The first-order valence-corrected chi connectivity index (χ1v) is 28.1. The van der Waals surface area contributed by atoms with Gasteiger partial charge in [-0.25, -0.2) is 26.8 Å². The van der Waals surface area contributed by atoms with Gasteiger partial charge in [-0.1, -0.05) is 75.8 Å². The molecule has 3 atom stereocenters. The molecule has 0 radical (unpaired) electrons. The van der Waals surface area contributed by atoms with Gasteiger partial charge < -0.3 is 10.2 Å². The molecule has 70 heavy (non-hydrogen) atoms. The number of piperidine rings is 1. The SMILES string of the molecule is CCC=C(C=C(CNC(CCN(C)C)CSc1ccccc1)S(=O)(=O)C(F)(F)F)S(=O)(=O)Nc1nc(C(F)(F)F)nc2c1CCN(C1CCN(CC3=C(C4=CC(C)C(Cl)C=C4)CCC(C)(C)C3)CC1)C2. The maximum absolute atomic E-state index is 14.4. The van der Waals surface area contributed by atoms with Crippen molar-refractivity contribution in [1.82, 2.24) is 30.0 Å². The summed E-state index contributed by atoms with van der Waals surface area (Å²) in [5.74, 6) is -1.68. The molecule has 2 aliphatic heterocycles. The quantitative estimate of drug-likeness (QED) is 0.0604. The van der Waals surface area contributed by atoms with Gasteiger partial charge in [0.25, 0.3) is 19.9 Å². The minimum Gasteiger partial charge on any atom is -0.309 e. The molecular formula is C49H66ClF6N7O4S3. The van der Waals surface area contributed by atoms with Crippen molar-refractivity contribution in [2.75, 3.05) is 63.8 Å². The van der Waals surface area contributed by atoms with Crippen molar-refractivity contribution < 1.29 is 43.2 Å². The summed E-state index contributed by atoms with van der Waals surface area (Å²) in [5.41, 5.74) is -1.48. The molecule has 6 rings (SSSR count). The highest BCUT2D eigenvalue weighted by Gasteiger charge is 2.48. The summed E-state index contributed by atoms with van der Waals surface area (Å²) in [7, 11) is -7.54. The number of rotatable bonds is 19. The predicted octanol–water partition coefficient (Wildman–Crippen LogP) is 10.1. The molecule has 0 bridgehead atoms. The Morgan fingerprint density at radius 1 is 1.03 bits per heavy atom. The van der Waals surface area contributed by atoms with E-state index in [1.54, 1.807) is 0 Å². The summed E-state index contributed by atoms with van der Waals surface area (Å²) >= 11 is 7.90. The normalized spacial score (nSPS) is 22.1. The minimum atomic E-state index is -6.11. The van der Waals surface area contributed by atoms with Crippen molar-refractivity contribution in [3.8, 4) is 0 Å². The van der Waals surface area contributed by atoms with E-state index in [9.17, 15) is 43.2 Å². The van der Waals surface area contributed by atoms with Crippen LogP contribution in [0.4, 0.5) is 32.2 Å². The molecule has 2 N–H and O–H groups in total. The second kappa shape index (κ2) is 23.3. The zero-order valence-electron chi connectivity index (χ0n) is 40.6. The summed E-state index contributed by atoms with van der Waals surface area (Å²) in [6.45, 7) is 10.5. The molecule has 11 nitrogen and oxygen atoms in total. The number of halogens is 7. The number of likely N-dealkylation sites (tertiary alicyclic amines) is 1. The van der Waals surface area contributed by atoms with E-state index < -0.39 is 65.6 Å². The standard InChI is InChI=1S/C49H66ClF6N7O4S3/c1-7-11-39(27-40(69(64,65)49(54,55)56)29-57-36(17-22-61(5)6)32-68-38-12-9-8-10-13-38)70(66,67)60-45-42-20-25-63(31-44(42)58-46(59-45)48(51,52)53)37-18-23-62(24-19-37)30-35-28-47(3,4)21-16-41(35)34-14-15-43(50)33(2)26-34/h8-15,26-27,33,36-37,43,57H,7,16-25,28-32H2,1-6H3,(H,58,59,60). The molecule has 2 aliphatic carbocycles. The lowest BCUT2D eigenvalue weighted by Gasteiger charge is -2.42. The average molecular weight is 1060 g/mol. The van der Waals surface area contributed by atoms with E-state index in [0.717, 1.165) is 62.7 Å². The Morgan fingerprint density at radius 3 is 2.36 bits per heavy atom. The maximum Gasteiger partial charge on any atom is 0.501 e. The summed E-state index contributed by atoms with van der Waals surface area (Å²) in [6.07, 6.45) is 7.79.